The first-order valence-electron chi connectivity index (χ1n) is 9.94. The van der Waals surface area contributed by atoms with Crippen LogP contribution in [-0.4, -0.2) is 39.3 Å². The third-order valence-corrected chi connectivity index (χ3v) is 4.51. The smallest absolute Gasteiger partial charge is 0.434 e. The summed E-state index contributed by atoms with van der Waals surface area (Å²) in [6.07, 6.45) is -3.09. The summed E-state index contributed by atoms with van der Waals surface area (Å²) in [5, 5.41) is 17.3. The normalized spacial score (nSPS) is 11.0. The zero-order valence-electron chi connectivity index (χ0n) is 18.2. The van der Waals surface area contributed by atoms with Crippen molar-refractivity contribution in [3.8, 4) is 11.4 Å². The SMILES string of the molecule is C=CC(=O)Nc1cc(C)cc(NC(=O)c2cnn(-c3ccc(OCC(=O)O)cc3)c2C(F)(F)F)c1. The predicted octanol–water partition coefficient (Wildman–Crippen LogP) is 4.04. The number of aryl methyl sites for hydroxylation is 1. The minimum atomic E-state index is -4.93. The Hall–Kier alpha value is -4.61. The van der Waals surface area contributed by atoms with Crippen LogP contribution in [0.4, 0.5) is 24.5 Å². The summed E-state index contributed by atoms with van der Waals surface area (Å²) in [7, 11) is 0. The molecular weight excluding hydrogens is 469 g/mol. The van der Waals surface area contributed by atoms with Crippen molar-refractivity contribution in [2.24, 2.45) is 0 Å². The van der Waals surface area contributed by atoms with Gasteiger partial charge in [-0.3, -0.25) is 9.59 Å². The van der Waals surface area contributed by atoms with Gasteiger partial charge in [0.15, 0.2) is 12.3 Å². The maximum Gasteiger partial charge on any atom is 0.434 e. The van der Waals surface area contributed by atoms with Gasteiger partial charge in [-0.2, -0.15) is 18.3 Å². The van der Waals surface area contributed by atoms with Crippen LogP contribution in [0.25, 0.3) is 5.69 Å². The fourth-order valence-electron chi connectivity index (χ4n) is 3.13. The molecule has 1 aromatic heterocycles. The Balaban J connectivity index is 1.91. The Kier molecular flexibility index (Phi) is 7.23. The van der Waals surface area contributed by atoms with Gasteiger partial charge in [0, 0.05) is 11.4 Å². The number of carbonyl (C=O) groups is 3. The lowest BCUT2D eigenvalue weighted by atomic mass is 10.1. The molecule has 0 fully saturated rings. The molecule has 2 aromatic carbocycles. The van der Waals surface area contributed by atoms with Crippen molar-refractivity contribution in [3.05, 3.63) is 78.1 Å². The lowest BCUT2D eigenvalue weighted by molar-refractivity contribution is -0.143. The van der Waals surface area contributed by atoms with E-state index in [2.05, 4.69) is 22.3 Å². The molecule has 0 unspecified atom stereocenters. The Morgan fingerprint density at radius 1 is 1.11 bits per heavy atom. The second-order valence-corrected chi connectivity index (χ2v) is 7.23. The van der Waals surface area contributed by atoms with E-state index >= 15 is 0 Å². The second kappa shape index (κ2) is 10.1. The molecule has 3 rings (SSSR count). The van der Waals surface area contributed by atoms with E-state index in [9.17, 15) is 27.6 Å². The number of carboxylic acid groups (broad SMARTS) is 1. The fraction of sp³-hybridized carbons (Fsp3) is 0.130. The molecule has 0 aliphatic heterocycles. The van der Waals surface area contributed by atoms with Crippen molar-refractivity contribution in [2.45, 2.75) is 13.1 Å². The molecule has 12 heteroatoms. The fourth-order valence-corrected chi connectivity index (χ4v) is 3.13. The molecule has 9 nitrogen and oxygen atoms in total. The van der Waals surface area contributed by atoms with Crippen molar-refractivity contribution >= 4 is 29.2 Å². The first kappa shape index (κ1) is 25.0. The number of alkyl halides is 3. The van der Waals surface area contributed by atoms with Crippen LogP contribution in [0, 0.1) is 6.92 Å². The molecule has 0 spiro atoms. The maximum atomic E-state index is 13.9. The van der Waals surface area contributed by atoms with Gasteiger partial charge in [0.1, 0.15) is 5.75 Å². The standard InChI is InChI=1S/C23H19F3N4O5/c1-3-19(31)28-14-8-13(2)9-15(10-14)29-22(34)18-11-27-30(21(18)23(24,25)26)16-4-6-17(7-5-16)35-12-20(32)33/h3-11H,1,12H2,2H3,(H,28,31)(H,29,34)(H,32,33). The van der Waals surface area contributed by atoms with Gasteiger partial charge >= 0.3 is 12.1 Å². The molecule has 3 aromatic rings. The highest BCUT2D eigenvalue weighted by molar-refractivity contribution is 6.06. The number of rotatable bonds is 8. The first-order valence-corrected chi connectivity index (χ1v) is 9.94. The zero-order chi connectivity index (χ0) is 25.8. The average Bonchev–Trinajstić information content (AvgIpc) is 3.23. The summed E-state index contributed by atoms with van der Waals surface area (Å²) < 4.78 is 47.3. The number of benzene rings is 2. The lowest BCUT2D eigenvalue weighted by Gasteiger charge is -2.14. The number of aromatic nitrogens is 2. The highest BCUT2D eigenvalue weighted by Gasteiger charge is 2.40. The van der Waals surface area contributed by atoms with E-state index in [0.29, 0.717) is 15.9 Å². The summed E-state index contributed by atoms with van der Waals surface area (Å²) in [6, 6.07) is 9.58. The molecule has 0 saturated carbocycles. The van der Waals surface area contributed by atoms with Gasteiger partial charge in [0.2, 0.25) is 5.91 Å². The van der Waals surface area contributed by atoms with Crippen LogP contribution in [0.1, 0.15) is 21.6 Å². The van der Waals surface area contributed by atoms with E-state index in [1.165, 1.54) is 36.4 Å². The summed E-state index contributed by atoms with van der Waals surface area (Å²) in [5.41, 5.74) is -0.926. The monoisotopic (exact) mass is 488 g/mol. The number of hydrogen-bond donors (Lipinski definition) is 3. The molecule has 0 aliphatic rings. The molecule has 182 valence electrons. The molecule has 0 aliphatic carbocycles. The van der Waals surface area contributed by atoms with Crippen molar-refractivity contribution in [1.29, 1.82) is 0 Å². The Bertz CT molecular complexity index is 1280. The maximum absolute atomic E-state index is 13.9. The third-order valence-electron chi connectivity index (χ3n) is 4.51. The number of amides is 2. The van der Waals surface area contributed by atoms with Gasteiger partial charge in [0.25, 0.3) is 5.91 Å². The van der Waals surface area contributed by atoms with E-state index in [-0.39, 0.29) is 17.1 Å². The first-order chi connectivity index (χ1) is 16.5. The molecule has 35 heavy (non-hydrogen) atoms. The molecule has 2 amide bonds. The number of hydrogen-bond acceptors (Lipinski definition) is 5. The van der Waals surface area contributed by atoms with Crippen LogP contribution in [-0.2, 0) is 15.8 Å². The predicted molar refractivity (Wildman–Crippen MR) is 120 cm³/mol. The van der Waals surface area contributed by atoms with Crippen LogP contribution < -0.4 is 15.4 Å². The highest BCUT2D eigenvalue weighted by atomic mass is 19.4. The van der Waals surface area contributed by atoms with Gasteiger partial charge < -0.3 is 20.5 Å². The van der Waals surface area contributed by atoms with E-state index in [4.69, 9.17) is 9.84 Å². The van der Waals surface area contributed by atoms with Crippen molar-refractivity contribution in [2.75, 3.05) is 17.2 Å². The van der Waals surface area contributed by atoms with Crippen molar-refractivity contribution in [3.63, 3.8) is 0 Å². The van der Waals surface area contributed by atoms with E-state index in [0.717, 1.165) is 12.3 Å². The van der Waals surface area contributed by atoms with Gasteiger partial charge in [-0.1, -0.05) is 6.58 Å². The van der Waals surface area contributed by atoms with Gasteiger partial charge in [0.05, 0.1) is 17.4 Å². The number of anilines is 2. The molecular formula is C23H19F3N4O5. The molecule has 3 N–H and O–H groups in total. The van der Waals surface area contributed by atoms with Crippen LogP contribution in [0.15, 0.2) is 61.3 Å². The van der Waals surface area contributed by atoms with E-state index < -0.39 is 41.8 Å². The van der Waals surface area contributed by atoms with Crippen LogP contribution in [0.2, 0.25) is 0 Å². The lowest BCUT2D eigenvalue weighted by Crippen LogP contribution is -2.21. The molecule has 0 saturated heterocycles. The summed E-state index contributed by atoms with van der Waals surface area (Å²) >= 11 is 0. The van der Waals surface area contributed by atoms with Crippen molar-refractivity contribution in [1.82, 2.24) is 9.78 Å². The van der Waals surface area contributed by atoms with Gasteiger partial charge in [-0.15, -0.1) is 0 Å². The number of nitrogens with one attached hydrogen (secondary N) is 2. The Morgan fingerprint density at radius 3 is 2.31 bits per heavy atom. The summed E-state index contributed by atoms with van der Waals surface area (Å²) in [5.74, 6) is -2.63. The topological polar surface area (TPSA) is 123 Å². The number of aliphatic carboxylic acids is 1. The summed E-state index contributed by atoms with van der Waals surface area (Å²) in [4.78, 5) is 34.9. The van der Waals surface area contributed by atoms with Crippen LogP contribution in [0.3, 0.4) is 0 Å². The minimum Gasteiger partial charge on any atom is -0.482 e. The zero-order valence-corrected chi connectivity index (χ0v) is 18.2. The molecule has 0 bridgehead atoms. The Labute approximate surface area is 196 Å². The average molecular weight is 488 g/mol. The Morgan fingerprint density at radius 2 is 1.74 bits per heavy atom. The third kappa shape index (κ3) is 6.25. The molecule has 1 heterocycles. The number of carbonyl (C=O) groups excluding carboxylic acids is 2. The second-order valence-electron chi connectivity index (χ2n) is 7.23. The van der Waals surface area contributed by atoms with Gasteiger partial charge in [-0.25, -0.2) is 9.48 Å². The molecule has 0 atom stereocenters. The minimum absolute atomic E-state index is 0.0240. The molecule has 0 radical (unpaired) electrons. The quantitative estimate of drug-likeness (QED) is 0.412. The number of nitrogens with zero attached hydrogens (tertiary/aromatic N) is 2. The van der Waals surface area contributed by atoms with E-state index in [1.54, 1.807) is 13.0 Å². The van der Waals surface area contributed by atoms with Crippen LogP contribution in [0.5, 0.6) is 5.75 Å². The van der Waals surface area contributed by atoms with Crippen molar-refractivity contribution < 1.29 is 37.4 Å². The largest absolute Gasteiger partial charge is 0.482 e. The highest BCUT2D eigenvalue weighted by Crippen LogP contribution is 2.34. The summed E-state index contributed by atoms with van der Waals surface area (Å²) in [6.45, 7) is 4.41. The number of halogens is 3. The number of carboxylic acids is 1. The number of ether oxygens (including phenoxy) is 1. The van der Waals surface area contributed by atoms with Gasteiger partial charge in [-0.05, 0) is 61.0 Å². The van der Waals surface area contributed by atoms with Crippen LogP contribution >= 0.6 is 0 Å². The van der Waals surface area contributed by atoms with E-state index in [1.807, 2.05) is 0 Å².